The smallest absolute Gasteiger partial charge is 0.273 e. The summed E-state index contributed by atoms with van der Waals surface area (Å²) in [6.07, 6.45) is 5.88. The van der Waals surface area contributed by atoms with Crippen LogP contribution in [0.3, 0.4) is 0 Å². The van der Waals surface area contributed by atoms with E-state index in [1.54, 1.807) is 6.92 Å². The van der Waals surface area contributed by atoms with E-state index >= 15 is 0 Å². The Morgan fingerprint density at radius 1 is 1.53 bits per heavy atom. The van der Waals surface area contributed by atoms with Gasteiger partial charge < -0.3 is 15.5 Å². The Morgan fingerprint density at radius 2 is 2.29 bits per heavy atom. The maximum absolute atomic E-state index is 11.6. The monoisotopic (exact) mass is 239 g/mol. The van der Waals surface area contributed by atoms with Crippen molar-refractivity contribution in [2.45, 2.75) is 45.6 Å². The number of rotatable bonds is 7. The van der Waals surface area contributed by atoms with Crippen LogP contribution in [0.2, 0.25) is 0 Å². The van der Waals surface area contributed by atoms with Crippen LogP contribution in [0, 0.1) is 0 Å². The number of carbonyl (C=O) groups is 1. The lowest BCUT2D eigenvalue weighted by molar-refractivity contribution is 0.0948. The molecule has 17 heavy (non-hydrogen) atoms. The highest BCUT2D eigenvalue weighted by molar-refractivity contribution is 5.91. The molecule has 0 saturated carbocycles. The van der Waals surface area contributed by atoms with Gasteiger partial charge in [-0.3, -0.25) is 4.79 Å². The van der Waals surface area contributed by atoms with E-state index < -0.39 is 0 Å². The number of amides is 1. The van der Waals surface area contributed by atoms with E-state index in [1.807, 2.05) is 0 Å². The molecule has 0 aliphatic heterocycles. The van der Waals surface area contributed by atoms with Crippen LogP contribution in [0.5, 0.6) is 0 Å². The average Bonchev–Trinajstić information content (AvgIpc) is 2.78. The second-order valence-electron chi connectivity index (χ2n) is 4.18. The number of aromatic nitrogens is 1. The Hall–Kier alpha value is -1.36. The maximum atomic E-state index is 11.6. The number of nitrogens with two attached hydrogens (primary N) is 1. The van der Waals surface area contributed by atoms with Crippen LogP contribution in [-0.2, 0) is 0 Å². The minimum Gasteiger partial charge on any atom is -0.446 e. The fraction of sp³-hybridized carbons (Fsp3) is 0.667. The molecule has 0 aliphatic carbocycles. The molecule has 5 nitrogen and oxygen atoms in total. The summed E-state index contributed by atoms with van der Waals surface area (Å²) in [6, 6.07) is -0.291. The Morgan fingerprint density at radius 3 is 2.88 bits per heavy atom. The van der Waals surface area contributed by atoms with Crippen LogP contribution in [0.4, 0.5) is 0 Å². The molecule has 1 amide bonds. The maximum Gasteiger partial charge on any atom is 0.273 e. The van der Waals surface area contributed by atoms with E-state index in [0.29, 0.717) is 18.1 Å². The van der Waals surface area contributed by atoms with Gasteiger partial charge in [-0.25, -0.2) is 4.98 Å². The molecule has 1 unspecified atom stereocenters. The molecule has 0 saturated heterocycles. The van der Waals surface area contributed by atoms with Gasteiger partial charge in [-0.05, 0) is 13.3 Å². The highest BCUT2D eigenvalue weighted by Gasteiger charge is 2.13. The van der Waals surface area contributed by atoms with Crippen LogP contribution >= 0.6 is 0 Å². The van der Waals surface area contributed by atoms with Crippen molar-refractivity contribution in [3.63, 3.8) is 0 Å². The summed E-state index contributed by atoms with van der Waals surface area (Å²) in [5, 5.41) is 2.81. The largest absolute Gasteiger partial charge is 0.446 e. The predicted molar refractivity (Wildman–Crippen MR) is 65.6 cm³/mol. The Balaban J connectivity index is 2.31. The first-order valence-corrected chi connectivity index (χ1v) is 6.14. The van der Waals surface area contributed by atoms with Gasteiger partial charge in [0, 0.05) is 6.54 Å². The van der Waals surface area contributed by atoms with Crippen molar-refractivity contribution >= 4 is 5.91 Å². The molecule has 1 heterocycles. The molecule has 0 bridgehead atoms. The summed E-state index contributed by atoms with van der Waals surface area (Å²) in [7, 11) is 0. The third-order valence-corrected chi connectivity index (χ3v) is 2.46. The van der Waals surface area contributed by atoms with Crippen LogP contribution in [0.15, 0.2) is 10.7 Å². The van der Waals surface area contributed by atoms with Crippen LogP contribution in [-0.4, -0.2) is 17.4 Å². The van der Waals surface area contributed by atoms with Crippen molar-refractivity contribution in [3.8, 4) is 0 Å². The predicted octanol–water partition coefficient (Wildman–Crippen LogP) is 2.00. The van der Waals surface area contributed by atoms with Gasteiger partial charge in [0.15, 0.2) is 5.69 Å². The molecule has 5 heteroatoms. The molecule has 0 radical (unpaired) electrons. The van der Waals surface area contributed by atoms with E-state index in [2.05, 4.69) is 17.2 Å². The number of unbranched alkanes of at least 4 members (excludes halogenated alkanes) is 3. The molecule has 1 aromatic heterocycles. The number of hydrogen-bond donors (Lipinski definition) is 2. The zero-order valence-electron chi connectivity index (χ0n) is 10.5. The zero-order chi connectivity index (χ0) is 12.7. The molecule has 3 N–H and O–H groups in total. The normalized spacial score (nSPS) is 12.4. The highest BCUT2D eigenvalue weighted by Crippen LogP contribution is 2.08. The van der Waals surface area contributed by atoms with Gasteiger partial charge in [0.25, 0.3) is 5.91 Å². The van der Waals surface area contributed by atoms with Crippen molar-refractivity contribution in [2.75, 3.05) is 6.54 Å². The standard InChI is InChI=1S/C12H21N3O2/c1-3-4-5-6-7-14-11(16)10-8-17-12(15-10)9(2)13/h8-9H,3-7,13H2,1-2H3,(H,14,16). The Kier molecular flexibility index (Phi) is 5.69. The summed E-state index contributed by atoms with van der Waals surface area (Å²) >= 11 is 0. The van der Waals surface area contributed by atoms with Crippen molar-refractivity contribution in [1.82, 2.24) is 10.3 Å². The lowest BCUT2D eigenvalue weighted by Crippen LogP contribution is -2.24. The lowest BCUT2D eigenvalue weighted by Gasteiger charge is -2.01. The minimum atomic E-state index is -0.291. The van der Waals surface area contributed by atoms with Crippen molar-refractivity contribution in [3.05, 3.63) is 17.8 Å². The van der Waals surface area contributed by atoms with E-state index in [0.717, 1.165) is 12.8 Å². The van der Waals surface area contributed by atoms with Gasteiger partial charge in [0.05, 0.1) is 6.04 Å². The van der Waals surface area contributed by atoms with E-state index in [1.165, 1.54) is 19.1 Å². The molecular formula is C12H21N3O2. The van der Waals surface area contributed by atoms with E-state index in [4.69, 9.17) is 10.2 Å². The number of oxazole rings is 1. The summed E-state index contributed by atoms with van der Waals surface area (Å²) in [5.74, 6) is 0.193. The quantitative estimate of drug-likeness (QED) is 0.713. The first-order valence-electron chi connectivity index (χ1n) is 6.14. The van der Waals surface area contributed by atoms with Gasteiger partial charge in [0.2, 0.25) is 5.89 Å². The van der Waals surface area contributed by atoms with Gasteiger partial charge in [-0.15, -0.1) is 0 Å². The summed E-state index contributed by atoms with van der Waals surface area (Å²) < 4.78 is 5.10. The third-order valence-electron chi connectivity index (χ3n) is 2.46. The summed E-state index contributed by atoms with van der Waals surface area (Å²) in [4.78, 5) is 15.7. The molecule has 0 fully saturated rings. The zero-order valence-corrected chi connectivity index (χ0v) is 10.5. The van der Waals surface area contributed by atoms with Crippen LogP contribution < -0.4 is 11.1 Å². The molecule has 0 spiro atoms. The minimum absolute atomic E-state index is 0.197. The molecule has 1 aromatic rings. The first kappa shape index (κ1) is 13.7. The van der Waals surface area contributed by atoms with Gasteiger partial charge >= 0.3 is 0 Å². The van der Waals surface area contributed by atoms with Gasteiger partial charge in [-0.2, -0.15) is 0 Å². The second-order valence-corrected chi connectivity index (χ2v) is 4.18. The van der Waals surface area contributed by atoms with Gasteiger partial charge in [0.1, 0.15) is 6.26 Å². The Bertz CT molecular complexity index is 347. The molecule has 1 rings (SSSR count). The van der Waals surface area contributed by atoms with E-state index in [9.17, 15) is 4.79 Å². The van der Waals surface area contributed by atoms with Crippen molar-refractivity contribution in [2.24, 2.45) is 5.73 Å². The van der Waals surface area contributed by atoms with Gasteiger partial charge in [-0.1, -0.05) is 26.2 Å². The second kappa shape index (κ2) is 7.06. The SMILES string of the molecule is CCCCCCNC(=O)c1coc(C(C)N)n1. The van der Waals surface area contributed by atoms with Crippen molar-refractivity contribution in [1.29, 1.82) is 0 Å². The van der Waals surface area contributed by atoms with Crippen LogP contribution in [0.25, 0.3) is 0 Å². The fourth-order valence-corrected chi connectivity index (χ4v) is 1.45. The molecular weight excluding hydrogens is 218 g/mol. The first-order chi connectivity index (χ1) is 8.15. The molecule has 0 aromatic carbocycles. The third kappa shape index (κ3) is 4.56. The average molecular weight is 239 g/mol. The van der Waals surface area contributed by atoms with Crippen LogP contribution in [0.1, 0.15) is 62.0 Å². The molecule has 96 valence electrons. The molecule has 1 atom stereocenters. The summed E-state index contributed by atoms with van der Waals surface area (Å²) in [6.45, 7) is 4.60. The summed E-state index contributed by atoms with van der Waals surface area (Å²) in [5.41, 5.74) is 5.89. The number of nitrogens with one attached hydrogen (secondary N) is 1. The highest BCUT2D eigenvalue weighted by atomic mass is 16.3. The van der Waals surface area contributed by atoms with Crippen molar-refractivity contribution < 1.29 is 9.21 Å². The topological polar surface area (TPSA) is 81.2 Å². The molecule has 0 aliphatic rings. The fourth-order valence-electron chi connectivity index (χ4n) is 1.45. The Labute approximate surface area is 102 Å². The number of hydrogen-bond acceptors (Lipinski definition) is 4. The number of carbonyl (C=O) groups excluding carboxylic acids is 1. The number of nitrogens with zero attached hydrogens (tertiary/aromatic N) is 1. The lowest BCUT2D eigenvalue weighted by atomic mass is 10.2. The van der Waals surface area contributed by atoms with E-state index in [-0.39, 0.29) is 11.9 Å².